The Hall–Kier alpha value is -1.03. The van der Waals surface area contributed by atoms with E-state index >= 15 is 0 Å². The zero-order valence-electron chi connectivity index (χ0n) is 8.94. The second-order valence-corrected chi connectivity index (χ2v) is 3.74. The molecule has 89 valence electrons. The van der Waals surface area contributed by atoms with Crippen LogP contribution in [0.25, 0.3) is 0 Å². The maximum Gasteiger partial charge on any atom is 0.194 e. The van der Waals surface area contributed by atoms with Crippen LogP contribution in [0.1, 0.15) is 31.2 Å². The van der Waals surface area contributed by atoms with Gasteiger partial charge in [-0.2, -0.15) is 0 Å². The standard InChI is InChI=1S/C12H14F3O/c13-10-7-9(8-11(14)12(10)15)5-3-1-2-4-6-16/h7-8H,1-6H2. The number of aryl methyl sites for hydroxylation is 1. The summed E-state index contributed by atoms with van der Waals surface area (Å²) in [5.41, 5.74) is 0.457. The van der Waals surface area contributed by atoms with E-state index in [1.54, 1.807) is 0 Å². The average molecular weight is 231 g/mol. The first-order chi connectivity index (χ1) is 7.65. The topological polar surface area (TPSA) is 19.9 Å². The van der Waals surface area contributed by atoms with Gasteiger partial charge in [0.2, 0.25) is 0 Å². The number of unbranched alkanes of at least 4 members (excludes halogenated alkanes) is 3. The molecule has 0 aliphatic heterocycles. The second kappa shape index (κ2) is 6.53. The van der Waals surface area contributed by atoms with Crippen molar-refractivity contribution in [3.05, 3.63) is 35.1 Å². The van der Waals surface area contributed by atoms with Gasteiger partial charge in [0.1, 0.15) is 0 Å². The molecule has 1 aromatic rings. The zero-order chi connectivity index (χ0) is 12.0. The van der Waals surface area contributed by atoms with Crippen molar-refractivity contribution in [2.45, 2.75) is 32.1 Å². The molecule has 0 saturated heterocycles. The van der Waals surface area contributed by atoms with Crippen LogP contribution in [0.2, 0.25) is 0 Å². The van der Waals surface area contributed by atoms with Crippen molar-refractivity contribution in [2.24, 2.45) is 0 Å². The summed E-state index contributed by atoms with van der Waals surface area (Å²) in [7, 11) is 0. The number of halogens is 3. The quantitative estimate of drug-likeness (QED) is 0.526. The molecule has 0 saturated carbocycles. The number of rotatable bonds is 6. The van der Waals surface area contributed by atoms with E-state index in [-0.39, 0.29) is 6.61 Å². The van der Waals surface area contributed by atoms with E-state index in [9.17, 15) is 18.3 Å². The molecule has 1 radical (unpaired) electrons. The monoisotopic (exact) mass is 231 g/mol. The fourth-order valence-electron chi connectivity index (χ4n) is 1.54. The van der Waals surface area contributed by atoms with Gasteiger partial charge in [0.25, 0.3) is 0 Å². The fourth-order valence-corrected chi connectivity index (χ4v) is 1.54. The van der Waals surface area contributed by atoms with Crippen molar-refractivity contribution in [2.75, 3.05) is 6.61 Å². The molecule has 0 atom stereocenters. The molecule has 0 N–H and O–H groups in total. The lowest BCUT2D eigenvalue weighted by Gasteiger charge is -2.03. The molecule has 4 heteroatoms. The molecule has 0 aliphatic rings. The van der Waals surface area contributed by atoms with E-state index in [0.717, 1.165) is 31.4 Å². The van der Waals surface area contributed by atoms with E-state index in [0.29, 0.717) is 18.4 Å². The minimum atomic E-state index is -1.42. The Labute approximate surface area is 92.9 Å². The van der Waals surface area contributed by atoms with Gasteiger partial charge in [-0.3, -0.25) is 0 Å². The molecule has 16 heavy (non-hydrogen) atoms. The molecule has 1 aromatic carbocycles. The van der Waals surface area contributed by atoms with Gasteiger partial charge in [-0.15, -0.1) is 0 Å². The highest BCUT2D eigenvalue weighted by Gasteiger charge is 2.09. The summed E-state index contributed by atoms with van der Waals surface area (Å²) in [6.07, 6.45) is 3.57. The average Bonchev–Trinajstić information content (AvgIpc) is 2.25. The van der Waals surface area contributed by atoms with E-state index < -0.39 is 17.5 Å². The van der Waals surface area contributed by atoms with Crippen LogP contribution in [-0.4, -0.2) is 6.61 Å². The Kier molecular flexibility index (Phi) is 5.32. The third-order valence-corrected chi connectivity index (χ3v) is 2.40. The maximum absolute atomic E-state index is 12.8. The third-order valence-electron chi connectivity index (χ3n) is 2.40. The second-order valence-electron chi connectivity index (χ2n) is 3.74. The molecule has 0 aromatic heterocycles. The van der Waals surface area contributed by atoms with Crippen molar-refractivity contribution in [3.8, 4) is 0 Å². The van der Waals surface area contributed by atoms with Gasteiger partial charge in [-0.25, -0.2) is 18.3 Å². The van der Waals surface area contributed by atoms with Crippen LogP contribution in [0, 0.1) is 17.5 Å². The van der Waals surface area contributed by atoms with Crippen LogP contribution in [0.15, 0.2) is 12.1 Å². The van der Waals surface area contributed by atoms with Crippen LogP contribution >= 0.6 is 0 Å². The zero-order valence-corrected chi connectivity index (χ0v) is 8.94. The lowest BCUT2D eigenvalue weighted by molar-refractivity contribution is 0.186. The van der Waals surface area contributed by atoms with Gasteiger partial charge >= 0.3 is 0 Å². The van der Waals surface area contributed by atoms with Crippen LogP contribution in [0.4, 0.5) is 13.2 Å². The van der Waals surface area contributed by atoms with Crippen molar-refractivity contribution in [3.63, 3.8) is 0 Å². The summed E-state index contributed by atoms with van der Waals surface area (Å²) in [6, 6.07) is 2.04. The molecule has 0 bridgehead atoms. The smallest absolute Gasteiger partial charge is 0.194 e. The van der Waals surface area contributed by atoms with Crippen molar-refractivity contribution >= 4 is 0 Å². The van der Waals surface area contributed by atoms with Gasteiger partial charge in [-0.05, 0) is 37.0 Å². The van der Waals surface area contributed by atoms with Crippen LogP contribution in [0.3, 0.4) is 0 Å². The van der Waals surface area contributed by atoms with E-state index in [1.807, 2.05) is 0 Å². The van der Waals surface area contributed by atoms with Crippen LogP contribution < -0.4 is 0 Å². The summed E-state index contributed by atoms with van der Waals surface area (Å²) in [5.74, 6) is -3.71. The Bertz CT molecular complexity index is 316. The summed E-state index contributed by atoms with van der Waals surface area (Å²) in [5, 5.41) is 10.1. The number of benzene rings is 1. The van der Waals surface area contributed by atoms with E-state index in [1.165, 1.54) is 0 Å². The van der Waals surface area contributed by atoms with Gasteiger partial charge in [0.05, 0.1) is 6.61 Å². The van der Waals surface area contributed by atoms with Gasteiger partial charge in [-0.1, -0.05) is 12.8 Å². The van der Waals surface area contributed by atoms with Crippen LogP contribution in [0.5, 0.6) is 0 Å². The van der Waals surface area contributed by atoms with Crippen molar-refractivity contribution in [1.82, 2.24) is 0 Å². The first-order valence-corrected chi connectivity index (χ1v) is 5.36. The summed E-state index contributed by atoms with van der Waals surface area (Å²) in [6.45, 7) is -0.0835. The van der Waals surface area contributed by atoms with Gasteiger partial charge in [0, 0.05) is 0 Å². The molecule has 0 fully saturated rings. The Morgan fingerprint density at radius 3 is 2.00 bits per heavy atom. The summed E-state index contributed by atoms with van der Waals surface area (Å²) >= 11 is 0. The van der Waals surface area contributed by atoms with Crippen LogP contribution in [-0.2, 0) is 11.5 Å². The molecule has 1 nitrogen and oxygen atoms in total. The van der Waals surface area contributed by atoms with Crippen molar-refractivity contribution < 1.29 is 18.3 Å². The minimum Gasteiger partial charge on any atom is -0.237 e. The van der Waals surface area contributed by atoms with Crippen molar-refractivity contribution in [1.29, 1.82) is 0 Å². The highest BCUT2D eigenvalue weighted by Crippen LogP contribution is 2.15. The van der Waals surface area contributed by atoms with E-state index in [4.69, 9.17) is 0 Å². The highest BCUT2D eigenvalue weighted by atomic mass is 19.2. The predicted octanol–water partition coefficient (Wildman–Crippen LogP) is 3.64. The first-order valence-electron chi connectivity index (χ1n) is 5.36. The van der Waals surface area contributed by atoms with E-state index in [2.05, 4.69) is 0 Å². The molecular formula is C12H14F3O. The fraction of sp³-hybridized carbons (Fsp3) is 0.500. The largest absolute Gasteiger partial charge is 0.237 e. The lowest BCUT2D eigenvalue weighted by atomic mass is 10.1. The molecule has 0 heterocycles. The maximum atomic E-state index is 12.8. The summed E-state index contributed by atoms with van der Waals surface area (Å²) in [4.78, 5) is 0. The van der Waals surface area contributed by atoms with Gasteiger partial charge < -0.3 is 0 Å². The Morgan fingerprint density at radius 1 is 0.875 bits per heavy atom. The molecule has 1 rings (SSSR count). The highest BCUT2D eigenvalue weighted by molar-refractivity contribution is 5.19. The lowest BCUT2D eigenvalue weighted by Crippen LogP contribution is -1.95. The third kappa shape index (κ3) is 3.85. The van der Waals surface area contributed by atoms with Gasteiger partial charge in [0.15, 0.2) is 17.5 Å². The first kappa shape index (κ1) is 13.0. The Morgan fingerprint density at radius 2 is 1.44 bits per heavy atom. The molecule has 0 unspecified atom stereocenters. The molecule has 0 spiro atoms. The number of hydrogen-bond donors (Lipinski definition) is 0. The minimum absolute atomic E-state index is 0.0835. The Balaban J connectivity index is 2.43. The predicted molar refractivity (Wildman–Crippen MR) is 54.0 cm³/mol. The summed E-state index contributed by atoms with van der Waals surface area (Å²) < 4.78 is 38.2. The molecule has 0 aliphatic carbocycles. The number of hydrogen-bond acceptors (Lipinski definition) is 0. The molecule has 0 amide bonds. The SMILES string of the molecule is [O]CCCCCCc1cc(F)c(F)c(F)c1. The molecular weight excluding hydrogens is 217 g/mol. The normalized spacial score (nSPS) is 10.8.